The molecule has 0 radical (unpaired) electrons. The van der Waals surface area contributed by atoms with Crippen LogP contribution in [0, 0.1) is 0 Å². The number of para-hydroxylation sites is 2. The molecule has 1 heterocycles. The van der Waals surface area contributed by atoms with Crippen molar-refractivity contribution in [3.63, 3.8) is 0 Å². The second-order valence-electron chi connectivity index (χ2n) is 12.1. The highest BCUT2D eigenvalue weighted by atomic mass is 15.1. The number of hydrogen-bond acceptors (Lipinski definition) is 1. The fraction of sp³-hybridized carbons (Fsp3) is 0. The van der Waals surface area contributed by atoms with E-state index >= 15 is 0 Å². The molecule has 10 rings (SSSR count). The molecule has 0 fully saturated rings. The van der Waals surface area contributed by atoms with E-state index in [-0.39, 0.29) is 45.7 Å². The lowest BCUT2D eigenvalue weighted by molar-refractivity contribution is 1.11. The summed E-state index contributed by atoms with van der Waals surface area (Å²) in [6.07, 6.45) is 0. The van der Waals surface area contributed by atoms with E-state index in [1.165, 1.54) is 0 Å². The minimum Gasteiger partial charge on any atom is -0.292 e. The van der Waals surface area contributed by atoms with E-state index in [1.54, 1.807) is 0 Å². The predicted molar refractivity (Wildman–Crippen MR) is 207 cm³/mol. The van der Waals surface area contributed by atoms with Gasteiger partial charge in [0.05, 0.1) is 27.7 Å². The summed E-state index contributed by atoms with van der Waals surface area (Å²) in [4.78, 5) is 5.09. The van der Waals surface area contributed by atoms with Crippen LogP contribution in [0.25, 0.3) is 93.5 Å². The van der Waals surface area contributed by atoms with Gasteiger partial charge in [-0.2, -0.15) is 0 Å². The van der Waals surface area contributed by atoms with Crippen molar-refractivity contribution in [2.24, 2.45) is 0 Å². The molecule has 0 bridgehead atoms. The Morgan fingerprint density at radius 1 is 0.429 bits per heavy atom. The molecule has 0 aliphatic rings. The van der Waals surface area contributed by atoms with Crippen LogP contribution in [-0.2, 0) is 0 Å². The molecule has 0 N–H and O–H groups in total. The third-order valence-corrected chi connectivity index (χ3v) is 9.41. The van der Waals surface area contributed by atoms with E-state index in [2.05, 4.69) is 28.8 Å². The molecule has 0 saturated heterocycles. The van der Waals surface area contributed by atoms with Gasteiger partial charge in [0, 0.05) is 10.9 Å². The van der Waals surface area contributed by atoms with E-state index in [9.17, 15) is 5.48 Å². The summed E-state index contributed by atoms with van der Waals surface area (Å²) >= 11 is 0. The van der Waals surface area contributed by atoms with Gasteiger partial charge in [-0.1, -0.05) is 158 Å². The van der Waals surface area contributed by atoms with Gasteiger partial charge in [0.2, 0.25) is 0 Å². The molecule has 2 nitrogen and oxygen atoms in total. The molecule has 228 valence electrons. The molecule has 1 aromatic heterocycles. The third-order valence-electron chi connectivity index (χ3n) is 9.41. The van der Waals surface area contributed by atoms with Gasteiger partial charge in [0.15, 0.2) is 0 Å². The summed E-state index contributed by atoms with van der Waals surface area (Å²) in [7, 11) is 0. The molecule has 2 heteroatoms. The fourth-order valence-corrected chi connectivity index (χ4v) is 7.20. The third kappa shape index (κ3) is 4.38. The topological polar surface area (TPSA) is 17.8 Å². The van der Waals surface area contributed by atoms with Crippen molar-refractivity contribution in [1.29, 1.82) is 0 Å². The number of benzene rings is 9. The Morgan fingerprint density at radius 2 is 0.980 bits per heavy atom. The maximum absolute atomic E-state index is 9.33. The van der Waals surface area contributed by atoms with Gasteiger partial charge >= 0.3 is 0 Å². The molecule has 0 saturated carbocycles. The molecule has 49 heavy (non-hydrogen) atoms. The van der Waals surface area contributed by atoms with Crippen LogP contribution in [0.1, 0.15) is 11.0 Å². The van der Waals surface area contributed by atoms with E-state index in [0.717, 1.165) is 43.8 Å². The Bertz CT molecular complexity index is 3250. The molecule has 10 aromatic rings. The van der Waals surface area contributed by atoms with Crippen molar-refractivity contribution in [2.45, 2.75) is 0 Å². The second kappa shape index (κ2) is 11.0. The second-order valence-corrected chi connectivity index (χ2v) is 12.1. The van der Waals surface area contributed by atoms with Crippen LogP contribution in [0.4, 0.5) is 0 Å². The first-order valence-electron chi connectivity index (χ1n) is 20.2. The first-order valence-corrected chi connectivity index (χ1v) is 16.2. The summed E-state index contributed by atoms with van der Waals surface area (Å²) in [6, 6.07) is 40.4. The minimum absolute atomic E-state index is 0.178. The van der Waals surface area contributed by atoms with E-state index in [0.29, 0.717) is 28.1 Å². The van der Waals surface area contributed by atoms with Gasteiger partial charge in [0.25, 0.3) is 0 Å². The van der Waals surface area contributed by atoms with Crippen LogP contribution in [0.3, 0.4) is 0 Å². The van der Waals surface area contributed by atoms with Crippen molar-refractivity contribution in [1.82, 2.24) is 9.55 Å². The lowest BCUT2D eigenvalue weighted by Crippen LogP contribution is -1.98. The van der Waals surface area contributed by atoms with Crippen LogP contribution >= 0.6 is 0 Å². The Labute approximate surface area is 295 Å². The van der Waals surface area contributed by atoms with Gasteiger partial charge in [0.1, 0.15) is 5.82 Å². The maximum atomic E-state index is 9.33. The number of aromatic nitrogens is 2. The number of rotatable bonds is 4. The highest BCUT2D eigenvalue weighted by Gasteiger charge is 2.19. The quantitative estimate of drug-likeness (QED) is 0.177. The normalized spacial score (nSPS) is 14.0. The van der Waals surface area contributed by atoms with Gasteiger partial charge in [-0.25, -0.2) is 4.98 Å². The van der Waals surface area contributed by atoms with E-state index in [1.807, 2.05) is 109 Å². The molecule has 0 amide bonds. The van der Waals surface area contributed by atoms with Crippen molar-refractivity contribution in [3.8, 4) is 39.3 Å². The average Bonchev–Trinajstić information content (AvgIpc) is 3.64. The largest absolute Gasteiger partial charge is 0.292 e. The van der Waals surface area contributed by atoms with Gasteiger partial charge < -0.3 is 0 Å². The lowest BCUT2D eigenvalue weighted by Gasteiger charge is -2.18. The van der Waals surface area contributed by atoms with Crippen LogP contribution in [-0.4, -0.2) is 9.55 Å². The summed E-state index contributed by atoms with van der Waals surface area (Å²) < 4.78 is 74.5. The summed E-state index contributed by atoms with van der Waals surface area (Å²) in [6.45, 7) is 0. The van der Waals surface area contributed by atoms with Gasteiger partial charge in [-0.05, 0) is 84.2 Å². The van der Waals surface area contributed by atoms with Crippen molar-refractivity contribution in [2.75, 3.05) is 0 Å². The SMILES string of the molecule is [2H]c1c([2H])c([2H])c2c(-c3ccc4ccccc4c3)c3c([2H])c([2H])c([2H])c([2H])c3c(-c3ccc(-c4nc5ccccc5n4-c4cccc5ccccc45)cc3)c2c1[2H]. The number of fused-ring (bicyclic) bond motifs is 5. The zero-order valence-corrected chi connectivity index (χ0v) is 26.1. The molecule has 9 aromatic carbocycles. The average molecular weight is 631 g/mol. The number of imidazole rings is 1. The Morgan fingerprint density at radius 3 is 1.71 bits per heavy atom. The van der Waals surface area contributed by atoms with Crippen LogP contribution < -0.4 is 0 Å². The fourth-order valence-electron chi connectivity index (χ4n) is 7.20. The Balaban J connectivity index is 1.29. The van der Waals surface area contributed by atoms with Gasteiger partial charge in [-0.15, -0.1) is 0 Å². The van der Waals surface area contributed by atoms with Crippen molar-refractivity contribution < 1.29 is 11.0 Å². The lowest BCUT2D eigenvalue weighted by atomic mass is 9.85. The molecular formula is C47H30N2. The summed E-state index contributed by atoms with van der Waals surface area (Å²) in [5.74, 6) is 0.698. The molecule has 0 spiro atoms. The molecule has 0 atom stereocenters. The molecule has 0 unspecified atom stereocenters. The van der Waals surface area contributed by atoms with Crippen LogP contribution in [0.15, 0.2) is 182 Å². The first kappa shape index (κ1) is 20.7. The summed E-state index contributed by atoms with van der Waals surface area (Å²) in [5.41, 5.74) is 5.24. The standard InChI is InChI=1S/C47H30N2/c1-2-14-35-30-36(29-24-31(35)12-1)46-40-19-7-5-17-38(40)45(39-18-6-8-20-41(39)46)33-25-27-34(28-26-33)47-48-42-21-9-10-22-44(42)49(47)43-23-11-15-32-13-3-4-16-37(32)43/h1-30H/i5D,6D,7D,8D,17D,18D,19D,20D. The van der Waals surface area contributed by atoms with Crippen molar-refractivity contribution >= 4 is 54.1 Å². The van der Waals surface area contributed by atoms with Gasteiger partial charge in [-0.3, -0.25) is 4.57 Å². The van der Waals surface area contributed by atoms with Crippen LogP contribution in [0.2, 0.25) is 0 Å². The molecular weight excluding hydrogens is 593 g/mol. The molecule has 0 aliphatic heterocycles. The molecule has 0 aliphatic carbocycles. The van der Waals surface area contributed by atoms with Crippen LogP contribution in [0.5, 0.6) is 0 Å². The Kier molecular flexibility index (Phi) is 4.66. The van der Waals surface area contributed by atoms with E-state index in [4.69, 9.17) is 10.5 Å². The maximum Gasteiger partial charge on any atom is 0.145 e. The number of hydrogen-bond donors (Lipinski definition) is 0. The Hall–Kier alpha value is -6.51. The summed E-state index contributed by atoms with van der Waals surface area (Å²) in [5, 5.41) is 4.73. The zero-order valence-electron chi connectivity index (χ0n) is 34.1. The van der Waals surface area contributed by atoms with E-state index < -0.39 is 24.2 Å². The smallest absolute Gasteiger partial charge is 0.145 e. The highest BCUT2D eigenvalue weighted by Crippen LogP contribution is 2.44. The predicted octanol–water partition coefficient (Wildman–Crippen LogP) is 12.6. The zero-order chi connectivity index (χ0) is 39.3. The minimum atomic E-state index is -0.432. The monoisotopic (exact) mass is 630 g/mol. The highest BCUT2D eigenvalue weighted by molar-refractivity contribution is 6.21. The number of nitrogens with zero attached hydrogens (tertiary/aromatic N) is 2. The van der Waals surface area contributed by atoms with Crippen molar-refractivity contribution in [3.05, 3.63) is 182 Å². The first-order chi connectivity index (χ1) is 27.6.